The third kappa shape index (κ3) is 19.3. The van der Waals surface area contributed by atoms with E-state index in [1.807, 2.05) is 20.8 Å². The van der Waals surface area contributed by atoms with Gasteiger partial charge in [0.2, 0.25) is 0 Å². The Balaban J connectivity index is 4.70. The largest absolute Gasteiger partial charge is 0.481 e. The van der Waals surface area contributed by atoms with Gasteiger partial charge in [0.25, 0.3) is 0 Å². The maximum atomic E-state index is 12.0. The molecule has 0 radical (unpaired) electrons. The van der Waals surface area contributed by atoms with Crippen molar-refractivity contribution in [2.75, 3.05) is 26.2 Å². The van der Waals surface area contributed by atoms with Crippen molar-refractivity contribution in [3.63, 3.8) is 0 Å². The molecule has 0 fully saturated rings. The van der Waals surface area contributed by atoms with Crippen LogP contribution in [0.5, 0.6) is 0 Å². The fraction of sp³-hybridized carbons (Fsp3) is 0.857. The molecule has 42 heavy (non-hydrogen) atoms. The molecule has 0 saturated carbocycles. The summed E-state index contributed by atoms with van der Waals surface area (Å²) in [5.74, 6) is -4.51. The van der Waals surface area contributed by atoms with E-state index in [-0.39, 0.29) is 24.1 Å². The molecular formula is C35H66NO6+. The lowest BCUT2D eigenvalue weighted by Gasteiger charge is -2.43. The average molecular weight is 597 g/mol. The fourth-order valence-electron chi connectivity index (χ4n) is 6.09. The highest BCUT2D eigenvalue weighted by atomic mass is 16.4. The summed E-state index contributed by atoms with van der Waals surface area (Å²) in [6.07, 6.45) is 25.6. The van der Waals surface area contributed by atoms with Gasteiger partial charge < -0.3 is 19.8 Å². The Morgan fingerprint density at radius 1 is 0.500 bits per heavy atom. The van der Waals surface area contributed by atoms with E-state index in [0.717, 1.165) is 19.3 Å². The predicted molar refractivity (Wildman–Crippen MR) is 173 cm³/mol. The van der Waals surface area contributed by atoms with E-state index < -0.39 is 35.7 Å². The first kappa shape index (κ1) is 40.1. The summed E-state index contributed by atoms with van der Waals surface area (Å²) < 4.78 is 0.259. The Kier molecular flexibility index (Phi) is 24.4. The molecule has 0 aromatic heterocycles. The van der Waals surface area contributed by atoms with Crippen molar-refractivity contribution >= 4 is 17.9 Å². The fourth-order valence-corrected chi connectivity index (χ4v) is 6.09. The first-order chi connectivity index (χ1) is 20.2. The highest BCUT2D eigenvalue weighted by Crippen LogP contribution is 2.25. The number of hydrogen-bond donors (Lipinski definition) is 3. The van der Waals surface area contributed by atoms with Crippen LogP contribution in [0, 0.1) is 17.8 Å². The number of allylic oxidation sites excluding steroid dienone is 2. The van der Waals surface area contributed by atoms with E-state index >= 15 is 0 Å². The first-order valence-corrected chi connectivity index (χ1v) is 17.3. The molecule has 246 valence electrons. The molecule has 0 aromatic carbocycles. The number of rotatable bonds is 30. The molecule has 0 aliphatic rings. The molecule has 0 rings (SSSR count). The number of hydrogen-bond acceptors (Lipinski definition) is 3. The summed E-state index contributed by atoms with van der Waals surface area (Å²) in [6, 6.07) is 0. The lowest BCUT2D eigenvalue weighted by atomic mass is 9.95. The van der Waals surface area contributed by atoms with Crippen molar-refractivity contribution < 1.29 is 34.2 Å². The second-order valence-electron chi connectivity index (χ2n) is 12.6. The normalized spacial score (nSPS) is 15.3. The van der Waals surface area contributed by atoms with E-state index in [2.05, 4.69) is 19.1 Å². The Hall–Kier alpha value is -1.89. The standard InChI is InChI=1S/C35H65NO6/c1-5-9-10-11-12-13-14-15-16-17-18-19-20-21-22-23-24-25-26-36(27-30(6-2)33(37)38,28-31(7-3)34(39)40)29-32(8-4)35(41)42/h12-13,30-32H,5-11,14-29H2,1-4H3,(H2-,37,38,39,40,41,42)/p+1/b13-12+. The summed E-state index contributed by atoms with van der Waals surface area (Å²) in [6.45, 7) is 9.25. The van der Waals surface area contributed by atoms with Crippen LogP contribution in [-0.2, 0) is 14.4 Å². The minimum Gasteiger partial charge on any atom is -0.481 e. The van der Waals surface area contributed by atoms with Crippen LogP contribution in [0.25, 0.3) is 0 Å². The summed E-state index contributed by atoms with van der Waals surface area (Å²) in [5, 5.41) is 29.5. The Morgan fingerprint density at radius 3 is 1.12 bits per heavy atom. The van der Waals surface area contributed by atoms with E-state index in [9.17, 15) is 29.7 Å². The second kappa shape index (κ2) is 25.6. The van der Waals surface area contributed by atoms with Gasteiger partial charge in [-0.2, -0.15) is 0 Å². The molecule has 3 unspecified atom stereocenters. The molecule has 0 bridgehead atoms. The topological polar surface area (TPSA) is 112 Å². The van der Waals surface area contributed by atoms with Gasteiger partial charge in [-0.05, 0) is 57.8 Å². The third-order valence-corrected chi connectivity index (χ3v) is 8.99. The number of carboxylic acid groups (broad SMARTS) is 3. The van der Waals surface area contributed by atoms with Gasteiger partial charge in [0.1, 0.15) is 17.8 Å². The minimum absolute atomic E-state index is 0.259. The van der Waals surface area contributed by atoms with Crippen LogP contribution < -0.4 is 0 Å². The van der Waals surface area contributed by atoms with Crippen LogP contribution in [-0.4, -0.2) is 63.9 Å². The van der Waals surface area contributed by atoms with E-state index in [1.165, 1.54) is 83.5 Å². The van der Waals surface area contributed by atoms with Gasteiger partial charge in [-0.3, -0.25) is 14.4 Å². The quantitative estimate of drug-likeness (QED) is 0.0433. The van der Waals surface area contributed by atoms with Crippen molar-refractivity contribution in [2.45, 2.75) is 150 Å². The number of carboxylic acids is 3. The maximum absolute atomic E-state index is 12.0. The molecule has 0 spiro atoms. The highest BCUT2D eigenvalue weighted by Gasteiger charge is 2.40. The third-order valence-electron chi connectivity index (χ3n) is 8.99. The van der Waals surface area contributed by atoms with Crippen molar-refractivity contribution in [1.82, 2.24) is 0 Å². The molecule has 0 saturated heterocycles. The molecule has 7 heteroatoms. The van der Waals surface area contributed by atoms with Gasteiger partial charge in [-0.1, -0.05) is 104 Å². The highest BCUT2D eigenvalue weighted by molar-refractivity contribution is 5.71. The minimum atomic E-state index is -0.888. The molecule has 0 aliphatic carbocycles. The molecule has 0 amide bonds. The van der Waals surface area contributed by atoms with Crippen LogP contribution in [0.2, 0.25) is 0 Å². The zero-order chi connectivity index (χ0) is 31.6. The molecule has 3 atom stereocenters. The van der Waals surface area contributed by atoms with Gasteiger partial charge in [0.15, 0.2) is 0 Å². The first-order valence-electron chi connectivity index (χ1n) is 17.3. The zero-order valence-corrected chi connectivity index (χ0v) is 27.7. The van der Waals surface area contributed by atoms with E-state index in [4.69, 9.17) is 0 Å². The van der Waals surface area contributed by atoms with E-state index in [1.54, 1.807) is 0 Å². The second-order valence-corrected chi connectivity index (χ2v) is 12.6. The maximum Gasteiger partial charge on any atom is 0.312 e. The Morgan fingerprint density at radius 2 is 0.810 bits per heavy atom. The zero-order valence-electron chi connectivity index (χ0n) is 27.7. The average Bonchev–Trinajstić information content (AvgIpc) is 2.96. The molecule has 7 nitrogen and oxygen atoms in total. The van der Waals surface area contributed by atoms with Crippen LogP contribution in [0.15, 0.2) is 12.2 Å². The number of carbonyl (C=O) groups is 3. The number of nitrogens with zero attached hydrogens (tertiary/aromatic N) is 1. The summed E-state index contributed by atoms with van der Waals surface area (Å²) in [5.41, 5.74) is 0. The van der Waals surface area contributed by atoms with Crippen LogP contribution in [0.3, 0.4) is 0 Å². The summed E-state index contributed by atoms with van der Waals surface area (Å²) >= 11 is 0. The van der Waals surface area contributed by atoms with Crippen molar-refractivity contribution in [3.05, 3.63) is 12.2 Å². The van der Waals surface area contributed by atoms with Crippen molar-refractivity contribution in [1.29, 1.82) is 0 Å². The van der Waals surface area contributed by atoms with Crippen LogP contribution in [0.1, 0.15) is 150 Å². The number of aliphatic carboxylic acids is 3. The van der Waals surface area contributed by atoms with Gasteiger partial charge in [-0.15, -0.1) is 0 Å². The van der Waals surface area contributed by atoms with E-state index in [0.29, 0.717) is 25.8 Å². The molecule has 0 heterocycles. The van der Waals surface area contributed by atoms with Crippen molar-refractivity contribution in [2.24, 2.45) is 17.8 Å². The number of quaternary nitrogens is 1. The summed E-state index contributed by atoms with van der Waals surface area (Å²) in [4.78, 5) is 35.9. The summed E-state index contributed by atoms with van der Waals surface area (Å²) in [7, 11) is 0. The Bertz CT molecular complexity index is 677. The lowest BCUT2D eigenvalue weighted by molar-refractivity contribution is -0.935. The smallest absolute Gasteiger partial charge is 0.312 e. The van der Waals surface area contributed by atoms with Gasteiger partial charge in [-0.25, -0.2) is 0 Å². The van der Waals surface area contributed by atoms with Crippen LogP contribution >= 0.6 is 0 Å². The monoisotopic (exact) mass is 596 g/mol. The van der Waals surface area contributed by atoms with Crippen molar-refractivity contribution in [3.8, 4) is 0 Å². The van der Waals surface area contributed by atoms with Gasteiger partial charge in [0, 0.05) is 0 Å². The molecule has 0 aromatic rings. The molecule has 0 aliphatic heterocycles. The predicted octanol–water partition coefficient (Wildman–Crippen LogP) is 8.95. The Labute approximate surface area is 257 Å². The SMILES string of the molecule is CCCCC/C=C/CCCCCCCCCCCCC[N+](CC(CC)C(=O)O)(CC(CC)C(=O)O)CC(CC)C(=O)O. The van der Waals surface area contributed by atoms with Gasteiger partial charge >= 0.3 is 17.9 Å². The van der Waals surface area contributed by atoms with Gasteiger partial charge in [0.05, 0.1) is 26.2 Å². The van der Waals surface area contributed by atoms with Crippen LogP contribution in [0.4, 0.5) is 0 Å². The number of unbranched alkanes of at least 4 members (excludes halogenated alkanes) is 14. The molecule has 3 N–H and O–H groups in total. The lowest BCUT2D eigenvalue weighted by Crippen LogP contribution is -2.58. The molecular weight excluding hydrogens is 530 g/mol.